The molecule has 118 valence electrons. The minimum atomic E-state index is -0.146. The largest absolute Gasteiger partial charge is 0.346 e. The van der Waals surface area contributed by atoms with Gasteiger partial charge >= 0.3 is 0 Å². The van der Waals surface area contributed by atoms with Gasteiger partial charge in [0.15, 0.2) is 0 Å². The predicted molar refractivity (Wildman–Crippen MR) is 90.2 cm³/mol. The van der Waals surface area contributed by atoms with Crippen LogP contribution in [0.4, 0.5) is 4.39 Å². The van der Waals surface area contributed by atoms with Crippen molar-refractivity contribution in [3.05, 3.63) is 72.3 Å². The van der Waals surface area contributed by atoms with Crippen molar-refractivity contribution in [1.82, 2.24) is 9.47 Å². The molecule has 3 heteroatoms. The first-order chi connectivity index (χ1) is 10.6. The van der Waals surface area contributed by atoms with Crippen LogP contribution in [0.2, 0.25) is 0 Å². The van der Waals surface area contributed by atoms with E-state index >= 15 is 0 Å². The summed E-state index contributed by atoms with van der Waals surface area (Å²) in [6.45, 7) is 11.6. The highest BCUT2D eigenvalue weighted by molar-refractivity contribution is 5.19. The van der Waals surface area contributed by atoms with Crippen LogP contribution in [0.3, 0.4) is 0 Å². The first kappa shape index (κ1) is 16.5. The Morgan fingerprint density at radius 2 is 2.00 bits per heavy atom. The fourth-order valence-corrected chi connectivity index (χ4v) is 2.69. The molecule has 0 saturated heterocycles. The van der Waals surface area contributed by atoms with Gasteiger partial charge < -0.3 is 4.57 Å². The van der Waals surface area contributed by atoms with Crippen molar-refractivity contribution in [3.63, 3.8) is 0 Å². The average molecular weight is 300 g/mol. The zero-order chi connectivity index (χ0) is 15.9. The summed E-state index contributed by atoms with van der Waals surface area (Å²) in [4.78, 5) is 2.37. The van der Waals surface area contributed by atoms with Crippen LogP contribution >= 0.6 is 0 Å². The molecule has 2 rings (SSSR count). The summed E-state index contributed by atoms with van der Waals surface area (Å²) in [7, 11) is 0. The van der Waals surface area contributed by atoms with Crippen molar-refractivity contribution < 1.29 is 4.39 Å². The van der Waals surface area contributed by atoms with Crippen LogP contribution in [0.15, 0.2) is 55.3 Å². The van der Waals surface area contributed by atoms with Crippen molar-refractivity contribution in [3.8, 4) is 0 Å². The Morgan fingerprint density at radius 3 is 2.68 bits per heavy atom. The topological polar surface area (TPSA) is 8.17 Å². The number of nitrogens with zero attached hydrogens (tertiary/aromatic N) is 2. The summed E-state index contributed by atoms with van der Waals surface area (Å²) in [6, 6.07) is 11.1. The van der Waals surface area contributed by atoms with E-state index in [1.165, 1.54) is 11.8 Å². The third-order valence-electron chi connectivity index (χ3n) is 3.62. The zero-order valence-electron chi connectivity index (χ0n) is 13.5. The lowest BCUT2D eigenvalue weighted by molar-refractivity contribution is 0.255. The highest BCUT2D eigenvalue weighted by atomic mass is 19.1. The molecule has 0 radical (unpaired) electrons. The monoisotopic (exact) mass is 300 g/mol. The first-order valence-electron chi connectivity index (χ1n) is 7.80. The lowest BCUT2D eigenvalue weighted by Gasteiger charge is -2.23. The van der Waals surface area contributed by atoms with Gasteiger partial charge in [-0.15, -0.1) is 6.58 Å². The molecular weight excluding hydrogens is 275 g/mol. The predicted octanol–water partition coefficient (Wildman–Crippen LogP) is 4.32. The van der Waals surface area contributed by atoms with Crippen LogP contribution in [-0.2, 0) is 13.1 Å². The highest BCUT2D eigenvalue weighted by Crippen LogP contribution is 2.14. The lowest BCUT2D eigenvalue weighted by atomic mass is 10.2. The van der Waals surface area contributed by atoms with Gasteiger partial charge in [-0.2, -0.15) is 0 Å². The fourth-order valence-electron chi connectivity index (χ4n) is 2.69. The minimum absolute atomic E-state index is 0.146. The van der Waals surface area contributed by atoms with Crippen molar-refractivity contribution in [2.24, 2.45) is 5.92 Å². The molecule has 0 N–H and O–H groups in total. The van der Waals surface area contributed by atoms with E-state index < -0.39 is 0 Å². The Bertz CT molecular complexity index is 601. The van der Waals surface area contributed by atoms with E-state index in [2.05, 4.69) is 36.0 Å². The molecule has 0 saturated carbocycles. The zero-order valence-corrected chi connectivity index (χ0v) is 13.5. The van der Waals surface area contributed by atoms with E-state index in [-0.39, 0.29) is 5.82 Å². The normalized spacial score (nSPS) is 11.3. The van der Waals surface area contributed by atoms with E-state index in [0.717, 1.165) is 25.2 Å². The summed E-state index contributed by atoms with van der Waals surface area (Å²) in [5.74, 6) is 0.460. The number of hydrogen-bond acceptors (Lipinski definition) is 1. The van der Waals surface area contributed by atoms with E-state index in [0.29, 0.717) is 12.5 Å². The Balaban J connectivity index is 2.11. The average Bonchev–Trinajstić information content (AvgIpc) is 2.88. The van der Waals surface area contributed by atoms with Gasteiger partial charge in [0.1, 0.15) is 5.82 Å². The number of hydrogen-bond donors (Lipinski definition) is 0. The molecule has 1 heterocycles. The Morgan fingerprint density at radius 1 is 1.23 bits per heavy atom. The van der Waals surface area contributed by atoms with Gasteiger partial charge in [-0.1, -0.05) is 38.1 Å². The van der Waals surface area contributed by atoms with Crippen molar-refractivity contribution in [1.29, 1.82) is 0 Å². The smallest absolute Gasteiger partial charge is 0.128 e. The Kier molecular flexibility index (Phi) is 5.96. The quantitative estimate of drug-likeness (QED) is 0.659. The molecule has 0 amide bonds. The third-order valence-corrected chi connectivity index (χ3v) is 3.62. The lowest BCUT2D eigenvalue weighted by Crippen LogP contribution is -2.28. The van der Waals surface area contributed by atoms with E-state index in [4.69, 9.17) is 0 Å². The molecule has 2 nitrogen and oxygen atoms in total. The van der Waals surface area contributed by atoms with Gasteiger partial charge in [0.2, 0.25) is 0 Å². The molecule has 2 aromatic rings. The molecule has 0 fully saturated rings. The van der Waals surface area contributed by atoms with Crippen LogP contribution in [-0.4, -0.2) is 22.6 Å². The molecule has 0 bridgehead atoms. The van der Waals surface area contributed by atoms with Crippen LogP contribution in [0.25, 0.3) is 0 Å². The standard InChI is InChI=1S/C19H25FN2/c1-4-11-21(13-16(2)3)15-18-9-7-12-22(18)14-17-8-5-6-10-19(17)20/h4-10,12,16H,1,11,13-15H2,2-3H3. The van der Waals surface area contributed by atoms with E-state index in [9.17, 15) is 4.39 Å². The fraction of sp³-hybridized carbons (Fsp3) is 0.368. The summed E-state index contributed by atoms with van der Waals surface area (Å²) in [6.07, 6.45) is 3.95. The maximum atomic E-state index is 13.8. The van der Waals surface area contributed by atoms with Crippen molar-refractivity contribution in [2.45, 2.75) is 26.9 Å². The maximum absolute atomic E-state index is 13.8. The van der Waals surface area contributed by atoms with E-state index in [1.807, 2.05) is 30.5 Å². The molecule has 22 heavy (non-hydrogen) atoms. The summed E-state index contributed by atoms with van der Waals surface area (Å²) < 4.78 is 16.0. The Hall–Kier alpha value is -1.87. The van der Waals surface area contributed by atoms with Gasteiger partial charge in [0, 0.05) is 37.1 Å². The summed E-state index contributed by atoms with van der Waals surface area (Å²) in [5.41, 5.74) is 1.92. The molecule has 0 spiro atoms. The molecule has 0 atom stereocenters. The number of rotatable bonds is 8. The second-order valence-electron chi connectivity index (χ2n) is 6.10. The molecule has 0 aliphatic heterocycles. The highest BCUT2D eigenvalue weighted by Gasteiger charge is 2.10. The molecule has 1 aromatic heterocycles. The van der Waals surface area contributed by atoms with Crippen molar-refractivity contribution in [2.75, 3.05) is 13.1 Å². The minimum Gasteiger partial charge on any atom is -0.346 e. The van der Waals surface area contributed by atoms with Crippen LogP contribution in [0.1, 0.15) is 25.1 Å². The van der Waals surface area contributed by atoms with Gasteiger partial charge in [0.25, 0.3) is 0 Å². The van der Waals surface area contributed by atoms with Crippen LogP contribution in [0, 0.1) is 11.7 Å². The van der Waals surface area contributed by atoms with Crippen LogP contribution in [0.5, 0.6) is 0 Å². The van der Waals surface area contributed by atoms with Gasteiger partial charge in [-0.05, 0) is 24.1 Å². The number of benzene rings is 1. The molecule has 0 aliphatic carbocycles. The first-order valence-corrected chi connectivity index (χ1v) is 7.80. The number of aromatic nitrogens is 1. The van der Waals surface area contributed by atoms with Gasteiger partial charge in [-0.25, -0.2) is 4.39 Å². The molecule has 1 aromatic carbocycles. The summed E-state index contributed by atoms with van der Waals surface area (Å²) in [5, 5.41) is 0. The molecule has 0 aliphatic rings. The second kappa shape index (κ2) is 7.95. The van der Waals surface area contributed by atoms with Gasteiger partial charge in [0.05, 0.1) is 6.54 Å². The van der Waals surface area contributed by atoms with Crippen molar-refractivity contribution >= 4 is 0 Å². The number of halogens is 1. The second-order valence-corrected chi connectivity index (χ2v) is 6.10. The SMILES string of the molecule is C=CCN(Cc1cccn1Cc1ccccc1F)CC(C)C. The maximum Gasteiger partial charge on any atom is 0.128 e. The third kappa shape index (κ3) is 4.57. The van der Waals surface area contributed by atoms with Crippen LogP contribution < -0.4 is 0 Å². The summed E-state index contributed by atoms with van der Waals surface area (Å²) >= 11 is 0. The molecule has 0 unspecified atom stereocenters. The van der Waals surface area contributed by atoms with Gasteiger partial charge in [-0.3, -0.25) is 4.90 Å². The molecular formula is C19H25FN2. The Labute approximate surface area is 132 Å². The van der Waals surface area contributed by atoms with E-state index in [1.54, 1.807) is 6.07 Å².